The van der Waals surface area contributed by atoms with Crippen molar-refractivity contribution in [3.05, 3.63) is 59.4 Å². The number of aryl methyl sites for hydroxylation is 1. The fourth-order valence-corrected chi connectivity index (χ4v) is 2.72. The van der Waals surface area contributed by atoms with Crippen LogP contribution in [-0.4, -0.2) is 43.9 Å². The van der Waals surface area contributed by atoms with Crippen molar-refractivity contribution in [3.63, 3.8) is 0 Å². The number of hydrogen-bond donors (Lipinski definition) is 2. The third-order valence-corrected chi connectivity index (χ3v) is 4.17. The summed E-state index contributed by atoms with van der Waals surface area (Å²) < 4.78 is 29.1. The van der Waals surface area contributed by atoms with Crippen molar-refractivity contribution in [2.24, 2.45) is 0 Å². The minimum Gasteiger partial charge on any atom is -0.394 e. The Bertz CT molecular complexity index is 1010. The van der Waals surface area contributed by atoms with E-state index in [-0.39, 0.29) is 17.7 Å². The molecule has 0 aliphatic heterocycles. The molecule has 3 rings (SSSR count). The largest absolute Gasteiger partial charge is 0.394 e. The van der Waals surface area contributed by atoms with Crippen molar-refractivity contribution < 1.29 is 18.7 Å². The van der Waals surface area contributed by atoms with Crippen LogP contribution in [0.2, 0.25) is 0 Å². The molecule has 28 heavy (non-hydrogen) atoms. The maximum Gasteiger partial charge on any atom is 0.251 e. The molecule has 1 atom stereocenters. The second-order valence-electron chi connectivity index (χ2n) is 6.31. The number of carbonyl (C=O) groups is 1. The molecule has 1 heterocycles. The van der Waals surface area contributed by atoms with Gasteiger partial charge in [0.1, 0.15) is 11.6 Å². The molecule has 7 nitrogen and oxygen atoms in total. The molecule has 0 unspecified atom stereocenters. The Balaban J connectivity index is 2.15. The molecule has 1 amide bonds. The minimum atomic E-state index is -0.750. The SMILES string of the molecule is CCc1nnnn1-c1cc(C(=O)N[C@@H](C)CO)cc(-c2ccc(F)cc2F)c1. The van der Waals surface area contributed by atoms with Gasteiger partial charge in [-0.1, -0.05) is 6.92 Å². The van der Waals surface area contributed by atoms with Crippen molar-refractivity contribution in [1.82, 2.24) is 25.5 Å². The second kappa shape index (κ2) is 8.22. The van der Waals surface area contributed by atoms with Crippen LogP contribution in [0.15, 0.2) is 36.4 Å². The summed E-state index contributed by atoms with van der Waals surface area (Å²) in [5.41, 5.74) is 1.20. The molecule has 1 aromatic heterocycles. The summed E-state index contributed by atoms with van der Waals surface area (Å²) in [5.74, 6) is -1.33. The normalized spacial score (nSPS) is 12.0. The minimum absolute atomic E-state index is 0.138. The van der Waals surface area contributed by atoms with Crippen molar-refractivity contribution in [2.45, 2.75) is 26.3 Å². The Labute approximate surface area is 160 Å². The summed E-state index contributed by atoms with van der Waals surface area (Å²) >= 11 is 0. The van der Waals surface area contributed by atoms with Gasteiger partial charge in [-0.25, -0.2) is 8.78 Å². The van der Waals surface area contributed by atoms with Crippen LogP contribution in [0.1, 0.15) is 30.0 Å². The maximum absolute atomic E-state index is 14.3. The van der Waals surface area contributed by atoms with E-state index in [0.29, 0.717) is 23.5 Å². The van der Waals surface area contributed by atoms with Gasteiger partial charge in [-0.15, -0.1) is 5.10 Å². The highest BCUT2D eigenvalue weighted by atomic mass is 19.1. The number of aliphatic hydroxyl groups excluding tert-OH is 1. The van der Waals surface area contributed by atoms with Gasteiger partial charge in [0, 0.05) is 29.7 Å². The van der Waals surface area contributed by atoms with Crippen LogP contribution in [0.3, 0.4) is 0 Å². The number of aliphatic hydroxyl groups is 1. The molecule has 3 aromatic rings. The molecule has 0 saturated heterocycles. The van der Waals surface area contributed by atoms with E-state index in [1.807, 2.05) is 6.92 Å². The predicted molar refractivity (Wildman–Crippen MR) is 97.9 cm³/mol. The topological polar surface area (TPSA) is 92.9 Å². The molecule has 0 fully saturated rings. The molecule has 0 aliphatic carbocycles. The molecular weight excluding hydrogens is 368 g/mol. The van der Waals surface area contributed by atoms with Gasteiger partial charge in [-0.3, -0.25) is 4.79 Å². The van der Waals surface area contributed by atoms with Crippen LogP contribution < -0.4 is 5.32 Å². The number of nitrogens with zero attached hydrogens (tertiary/aromatic N) is 4. The maximum atomic E-state index is 14.3. The van der Waals surface area contributed by atoms with Gasteiger partial charge in [0.25, 0.3) is 5.91 Å². The smallest absolute Gasteiger partial charge is 0.251 e. The standard InChI is InChI=1S/C19H19F2N5O2/c1-3-18-23-24-25-26(18)15-7-12(16-5-4-14(20)9-17(16)21)6-13(8-15)19(28)22-11(2)10-27/h4-9,11,27H,3,10H2,1-2H3,(H,22,28)/t11-/m0/s1. The van der Waals surface area contributed by atoms with Gasteiger partial charge in [-0.2, -0.15) is 4.68 Å². The summed E-state index contributed by atoms with van der Waals surface area (Å²) in [7, 11) is 0. The average Bonchev–Trinajstić information content (AvgIpc) is 3.16. The third-order valence-electron chi connectivity index (χ3n) is 4.17. The van der Waals surface area contributed by atoms with E-state index in [4.69, 9.17) is 5.11 Å². The number of hydrogen-bond acceptors (Lipinski definition) is 5. The number of amides is 1. The highest BCUT2D eigenvalue weighted by Gasteiger charge is 2.17. The Hall–Kier alpha value is -3.20. The zero-order valence-corrected chi connectivity index (χ0v) is 15.4. The zero-order valence-electron chi connectivity index (χ0n) is 15.4. The van der Waals surface area contributed by atoms with Crippen LogP contribution >= 0.6 is 0 Å². The van der Waals surface area contributed by atoms with Gasteiger partial charge in [0.15, 0.2) is 5.82 Å². The van der Waals surface area contributed by atoms with Crippen molar-refractivity contribution in [2.75, 3.05) is 6.61 Å². The van der Waals surface area contributed by atoms with E-state index < -0.39 is 23.6 Å². The first-order valence-electron chi connectivity index (χ1n) is 8.72. The number of rotatable bonds is 6. The van der Waals surface area contributed by atoms with Crippen LogP contribution in [0.4, 0.5) is 8.78 Å². The molecule has 2 N–H and O–H groups in total. The molecule has 9 heteroatoms. The fourth-order valence-electron chi connectivity index (χ4n) is 2.72. The number of aromatic nitrogens is 4. The first kappa shape index (κ1) is 19.6. The zero-order chi connectivity index (χ0) is 20.3. The van der Waals surface area contributed by atoms with E-state index in [1.165, 1.54) is 16.8 Å². The summed E-state index contributed by atoms with van der Waals surface area (Å²) in [6.45, 7) is 3.30. The molecule has 146 valence electrons. The Kier molecular flexibility index (Phi) is 5.74. The number of nitrogens with one attached hydrogen (secondary N) is 1. The number of benzene rings is 2. The third kappa shape index (κ3) is 4.04. The number of carbonyl (C=O) groups excluding carboxylic acids is 1. The van der Waals surface area contributed by atoms with E-state index in [0.717, 1.165) is 12.1 Å². The summed E-state index contributed by atoms with van der Waals surface area (Å²) in [5, 5.41) is 23.3. The van der Waals surface area contributed by atoms with E-state index >= 15 is 0 Å². The molecule has 0 bridgehead atoms. The summed E-state index contributed by atoms with van der Waals surface area (Å²) in [6, 6.07) is 7.47. The van der Waals surface area contributed by atoms with Crippen LogP contribution in [0.5, 0.6) is 0 Å². The first-order chi connectivity index (χ1) is 13.4. The van der Waals surface area contributed by atoms with E-state index in [1.54, 1.807) is 19.1 Å². The molecular formula is C19H19F2N5O2. The Morgan fingerprint density at radius 1 is 1.25 bits per heavy atom. The lowest BCUT2D eigenvalue weighted by molar-refractivity contribution is 0.0922. The van der Waals surface area contributed by atoms with Crippen molar-refractivity contribution in [1.29, 1.82) is 0 Å². The van der Waals surface area contributed by atoms with Crippen LogP contribution in [0, 0.1) is 11.6 Å². The first-order valence-corrected chi connectivity index (χ1v) is 8.72. The molecule has 2 aromatic carbocycles. The lowest BCUT2D eigenvalue weighted by atomic mass is 10.0. The van der Waals surface area contributed by atoms with E-state index in [2.05, 4.69) is 20.8 Å². The molecule has 0 radical (unpaired) electrons. The number of halogens is 2. The Morgan fingerprint density at radius 2 is 2.04 bits per heavy atom. The lowest BCUT2D eigenvalue weighted by Gasteiger charge is -2.14. The van der Waals surface area contributed by atoms with Gasteiger partial charge in [0.05, 0.1) is 12.3 Å². The van der Waals surface area contributed by atoms with Gasteiger partial charge in [-0.05, 0) is 53.2 Å². The predicted octanol–water partition coefficient (Wildman–Crippen LogP) is 2.28. The fraction of sp³-hybridized carbons (Fsp3) is 0.263. The van der Waals surface area contributed by atoms with Gasteiger partial charge >= 0.3 is 0 Å². The monoisotopic (exact) mass is 387 g/mol. The van der Waals surface area contributed by atoms with E-state index in [9.17, 15) is 13.6 Å². The van der Waals surface area contributed by atoms with Crippen LogP contribution in [-0.2, 0) is 6.42 Å². The van der Waals surface area contributed by atoms with Crippen molar-refractivity contribution >= 4 is 5.91 Å². The summed E-state index contributed by atoms with van der Waals surface area (Å²) in [4.78, 5) is 12.6. The lowest BCUT2D eigenvalue weighted by Crippen LogP contribution is -2.35. The van der Waals surface area contributed by atoms with Gasteiger partial charge < -0.3 is 10.4 Å². The second-order valence-corrected chi connectivity index (χ2v) is 6.31. The van der Waals surface area contributed by atoms with Gasteiger partial charge in [0.2, 0.25) is 0 Å². The molecule has 0 aliphatic rings. The quantitative estimate of drug-likeness (QED) is 0.677. The van der Waals surface area contributed by atoms with Crippen molar-refractivity contribution in [3.8, 4) is 16.8 Å². The Morgan fingerprint density at radius 3 is 2.71 bits per heavy atom. The summed E-state index contributed by atoms with van der Waals surface area (Å²) in [6.07, 6.45) is 0.547. The molecule has 0 spiro atoms. The highest BCUT2D eigenvalue weighted by molar-refractivity contribution is 5.96. The molecule has 0 saturated carbocycles. The number of tetrazole rings is 1. The average molecular weight is 387 g/mol. The van der Waals surface area contributed by atoms with Crippen LogP contribution in [0.25, 0.3) is 16.8 Å². The highest BCUT2D eigenvalue weighted by Crippen LogP contribution is 2.27.